The van der Waals surface area contributed by atoms with Gasteiger partial charge in [0, 0.05) is 34.6 Å². The third-order valence-electron chi connectivity index (χ3n) is 5.86. The summed E-state index contributed by atoms with van der Waals surface area (Å²) in [6.45, 7) is 10.1. The minimum absolute atomic E-state index is 0.107. The van der Waals surface area contributed by atoms with Crippen LogP contribution in [0.5, 0.6) is 0 Å². The van der Waals surface area contributed by atoms with Crippen LogP contribution in [0.2, 0.25) is 0 Å². The Bertz CT molecular complexity index is 1180. The lowest BCUT2D eigenvalue weighted by molar-refractivity contribution is -0.118. The maximum atomic E-state index is 13.2. The highest BCUT2D eigenvalue weighted by molar-refractivity contribution is 6.01. The number of carbonyl (C=O) groups excluding carboxylic acids is 1. The van der Waals surface area contributed by atoms with Crippen LogP contribution in [0.25, 0.3) is 5.95 Å². The molecule has 0 saturated heterocycles. The van der Waals surface area contributed by atoms with Crippen LogP contribution in [0, 0.1) is 26.2 Å². The largest absolute Gasteiger partial charge is 0.468 e. The second kappa shape index (κ2) is 6.39. The molecule has 7 heteroatoms. The van der Waals surface area contributed by atoms with Crippen LogP contribution in [0.1, 0.15) is 61.0 Å². The van der Waals surface area contributed by atoms with Gasteiger partial charge in [-0.2, -0.15) is 9.78 Å². The van der Waals surface area contributed by atoms with Crippen molar-refractivity contribution in [3.63, 3.8) is 0 Å². The van der Waals surface area contributed by atoms with Crippen molar-refractivity contribution in [1.82, 2.24) is 19.7 Å². The number of Topliss-reactive ketones (excluding diaryl/α,β-unsaturated/α-hetero) is 1. The molecule has 0 unspecified atom stereocenters. The Kier molecular flexibility index (Phi) is 4.00. The second-order valence-electron chi connectivity index (χ2n) is 9.12. The first-order valence-corrected chi connectivity index (χ1v) is 10.2. The molecule has 154 valence electrons. The van der Waals surface area contributed by atoms with Gasteiger partial charge >= 0.3 is 0 Å². The number of hydrogen-bond donors (Lipinski definition) is 1. The van der Waals surface area contributed by atoms with Gasteiger partial charge in [-0.1, -0.05) is 13.8 Å². The third kappa shape index (κ3) is 2.88. The molecular weight excluding hydrogens is 378 g/mol. The first-order chi connectivity index (χ1) is 14.2. The molecule has 1 atom stereocenters. The fraction of sp³-hybridized carbons (Fsp3) is 0.391. The molecule has 0 radical (unpaired) electrons. The highest BCUT2D eigenvalue weighted by Gasteiger charge is 2.44. The fourth-order valence-electron chi connectivity index (χ4n) is 4.76. The van der Waals surface area contributed by atoms with Gasteiger partial charge in [0.05, 0.1) is 17.9 Å². The standard InChI is InChI=1S/C23H25N5O2/c1-12-9-13(2)25-22(24-12)28-21-18(14(3)27-28)20(17-7-6-8-30-17)19-15(26-21)10-23(4,5)11-16(19)29/h6-9,20,26H,10-11H2,1-5H3/t20-/m1/s1. The van der Waals surface area contributed by atoms with Crippen LogP contribution >= 0.6 is 0 Å². The lowest BCUT2D eigenvalue weighted by Crippen LogP contribution is -2.34. The normalized spacial score (nSPS) is 20.0. The van der Waals surface area contributed by atoms with E-state index in [1.165, 1.54) is 0 Å². The van der Waals surface area contributed by atoms with E-state index in [1.807, 2.05) is 39.0 Å². The van der Waals surface area contributed by atoms with Crippen molar-refractivity contribution in [3.05, 3.63) is 64.1 Å². The number of fused-ring (bicyclic) bond motifs is 1. The van der Waals surface area contributed by atoms with E-state index in [-0.39, 0.29) is 17.1 Å². The molecule has 1 aliphatic heterocycles. The monoisotopic (exact) mass is 403 g/mol. The van der Waals surface area contributed by atoms with Gasteiger partial charge in [-0.15, -0.1) is 0 Å². The second-order valence-corrected chi connectivity index (χ2v) is 9.12. The highest BCUT2D eigenvalue weighted by Crippen LogP contribution is 2.50. The van der Waals surface area contributed by atoms with Gasteiger partial charge in [0.15, 0.2) is 5.78 Å². The molecule has 4 heterocycles. The summed E-state index contributed by atoms with van der Waals surface area (Å²) in [6, 6.07) is 5.73. The Morgan fingerprint density at radius 3 is 2.57 bits per heavy atom. The molecule has 0 amide bonds. The maximum Gasteiger partial charge on any atom is 0.252 e. The smallest absolute Gasteiger partial charge is 0.252 e. The van der Waals surface area contributed by atoms with Gasteiger partial charge in [0.2, 0.25) is 0 Å². The molecule has 2 aliphatic rings. The minimum Gasteiger partial charge on any atom is -0.468 e. The summed E-state index contributed by atoms with van der Waals surface area (Å²) in [6.07, 6.45) is 2.96. The molecule has 0 aromatic carbocycles. The average Bonchev–Trinajstić information content (AvgIpc) is 3.27. The van der Waals surface area contributed by atoms with Crippen LogP contribution in [-0.4, -0.2) is 25.5 Å². The molecule has 7 nitrogen and oxygen atoms in total. The van der Waals surface area contributed by atoms with Gasteiger partial charge in [0.1, 0.15) is 11.6 Å². The van der Waals surface area contributed by atoms with E-state index in [0.717, 1.165) is 51.9 Å². The van der Waals surface area contributed by atoms with E-state index < -0.39 is 0 Å². The minimum atomic E-state index is -0.283. The number of rotatable bonds is 2. The van der Waals surface area contributed by atoms with Crippen molar-refractivity contribution < 1.29 is 9.21 Å². The Morgan fingerprint density at radius 2 is 1.90 bits per heavy atom. The Balaban J connectivity index is 1.75. The third-order valence-corrected chi connectivity index (χ3v) is 5.86. The van der Waals surface area contributed by atoms with Crippen molar-refractivity contribution in [2.45, 2.75) is 53.4 Å². The van der Waals surface area contributed by atoms with E-state index >= 15 is 0 Å². The predicted octanol–water partition coefficient (Wildman–Crippen LogP) is 4.38. The Morgan fingerprint density at radius 1 is 1.17 bits per heavy atom. The average molecular weight is 403 g/mol. The first-order valence-electron chi connectivity index (χ1n) is 10.2. The van der Waals surface area contributed by atoms with Crippen molar-refractivity contribution in [2.24, 2.45) is 5.41 Å². The van der Waals surface area contributed by atoms with Crippen LogP contribution in [-0.2, 0) is 4.79 Å². The zero-order chi connectivity index (χ0) is 21.2. The predicted molar refractivity (Wildman–Crippen MR) is 113 cm³/mol. The summed E-state index contributed by atoms with van der Waals surface area (Å²) in [4.78, 5) is 22.5. The van der Waals surface area contributed by atoms with Gasteiger partial charge < -0.3 is 9.73 Å². The van der Waals surface area contributed by atoms with Crippen molar-refractivity contribution >= 4 is 11.6 Å². The molecule has 0 saturated carbocycles. The maximum absolute atomic E-state index is 13.2. The summed E-state index contributed by atoms with van der Waals surface area (Å²) >= 11 is 0. The van der Waals surface area contributed by atoms with Crippen LogP contribution in [0.3, 0.4) is 0 Å². The Labute approximate surface area is 175 Å². The molecular formula is C23H25N5O2. The lowest BCUT2D eigenvalue weighted by atomic mass is 9.70. The van der Waals surface area contributed by atoms with E-state index in [4.69, 9.17) is 9.52 Å². The van der Waals surface area contributed by atoms with Gasteiger partial charge in [-0.25, -0.2) is 9.97 Å². The zero-order valence-electron chi connectivity index (χ0n) is 17.9. The SMILES string of the molecule is Cc1cc(C)nc(-n2nc(C)c3c2NC2=C(C(=O)CC(C)(C)C2)[C@@H]3c2ccco2)n1. The number of allylic oxidation sites excluding steroid dienone is 2. The molecule has 3 aromatic heterocycles. The fourth-order valence-corrected chi connectivity index (χ4v) is 4.76. The van der Waals surface area contributed by atoms with Crippen molar-refractivity contribution in [1.29, 1.82) is 0 Å². The van der Waals surface area contributed by atoms with E-state index in [1.54, 1.807) is 10.9 Å². The number of aryl methyl sites for hydroxylation is 3. The van der Waals surface area contributed by atoms with Crippen molar-refractivity contribution in [2.75, 3.05) is 5.32 Å². The molecule has 3 aromatic rings. The van der Waals surface area contributed by atoms with Crippen LogP contribution in [0.4, 0.5) is 5.82 Å². The van der Waals surface area contributed by atoms with E-state index in [0.29, 0.717) is 12.4 Å². The first kappa shape index (κ1) is 18.8. The van der Waals surface area contributed by atoms with Crippen LogP contribution < -0.4 is 5.32 Å². The highest BCUT2D eigenvalue weighted by atomic mass is 16.3. The van der Waals surface area contributed by atoms with Gasteiger partial charge in [0.25, 0.3) is 5.95 Å². The Hall–Kier alpha value is -3.22. The quantitative estimate of drug-likeness (QED) is 0.683. The number of hydrogen-bond acceptors (Lipinski definition) is 6. The number of aromatic nitrogens is 4. The molecule has 30 heavy (non-hydrogen) atoms. The van der Waals surface area contributed by atoms with Gasteiger partial charge in [-0.05, 0) is 50.8 Å². The number of carbonyl (C=O) groups is 1. The molecule has 0 fully saturated rings. The topological polar surface area (TPSA) is 85.8 Å². The van der Waals surface area contributed by atoms with Crippen molar-refractivity contribution in [3.8, 4) is 5.95 Å². The van der Waals surface area contributed by atoms with E-state index in [9.17, 15) is 4.79 Å². The summed E-state index contributed by atoms with van der Waals surface area (Å²) < 4.78 is 7.57. The summed E-state index contributed by atoms with van der Waals surface area (Å²) in [5.74, 6) is 1.96. The number of furan rings is 1. The van der Waals surface area contributed by atoms with Crippen LogP contribution in [0.15, 0.2) is 40.1 Å². The molecule has 0 bridgehead atoms. The summed E-state index contributed by atoms with van der Waals surface area (Å²) in [5.41, 5.74) is 5.16. The van der Waals surface area contributed by atoms with Gasteiger partial charge in [-0.3, -0.25) is 4.79 Å². The number of nitrogens with zero attached hydrogens (tertiary/aromatic N) is 4. The van der Waals surface area contributed by atoms with E-state index in [2.05, 4.69) is 29.1 Å². The lowest BCUT2D eigenvalue weighted by Gasteiger charge is -2.37. The number of anilines is 1. The summed E-state index contributed by atoms with van der Waals surface area (Å²) in [5, 5.41) is 8.31. The molecule has 5 rings (SSSR count). The molecule has 1 N–H and O–H groups in total. The number of ketones is 1. The molecule has 0 spiro atoms. The zero-order valence-corrected chi connectivity index (χ0v) is 17.9. The summed E-state index contributed by atoms with van der Waals surface area (Å²) in [7, 11) is 0. The molecule has 1 aliphatic carbocycles. The number of nitrogens with one attached hydrogen (secondary N) is 1.